The van der Waals surface area contributed by atoms with Crippen LogP contribution in [-0.2, 0) is 0 Å². The van der Waals surface area contributed by atoms with Gasteiger partial charge in [0, 0.05) is 43.5 Å². The second kappa shape index (κ2) is 8.50. The molecular formula is C33H22BrN3OS. The molecule has 5 aromatic carbocycles. The molecule has 0 saturated heterocycles. The fourth-order valence-corrected chi connectivity index (χ4v) is 6.98. The molecule has 6 heteroatoms. The summed E-state index contributed by atoms with van der Waals surface area (Å²) in [6, 6.07) is 29.8. The predicted molar refractivity (Wildman–Crippen MR) is 164 cm³/mol. The minimum Gasteiger partial charge on any atom is -0.436 e. The van der Waals surface area contributed by atoms with Crippen LogP contribution in [0.15, 0.2) is 93.8 Å². The third-order valence-corrected chi connectivity index (χ3v) is 9.10. The van der Waals surface area contributed by atoms with E-state index in [1.807, 2.05) is 0 Å². The minimum atomic E-state index is -0.0829. The van der Waals surface area contributed by atoms with E-state index in [1.54, 1.807) is 11.3 Å². The van der Waals surface area contributed by atoms with Crippen molar-refractivity contribution in [2.24, 2.45) is 0 Å². The lowest BCUT2D eigenvalue weighted by molar-refractivity contribution is 0.614. The highest BCUT2D eigenvalue weighted by atomic mass is 79.9. The zero-order valence-electron chi connectivity index (χ0n) is 21.2. The van der Waals surface area contributed by atoms with Gasteiger partial charge in [-0.2, -0.15) is 0 Å². The molecule has 0 saturated carbocycles. The maximum Gasteiger partial charge on any atom is 0.227 e. The van der Waals surface area contributed by atoms with E-state index in [9.17, 15) is 0 Å². The number of nitrogens with one attached hydrogen (secondary N) is 1. The molecule has 0 bridgehead atoms. The molecule has 188 valence electrons. The third kappa shape index (κ3) is 3.48. The van der Waals surface area contributed by atoms with E-state index in [4.69, 9.17) is 14.4 Å². The van der Waals surface area contributed by atoms with Crippen LogP contribution >= 0.6 is 27.3 Å². The van der Waals surface area contributed by atoms with Gasteiger partial charge in [-0.1, -0.05) is 70.0 Å². The Labute approximate surface area is 237 Å². The summed E-state index contributed by atoms with van der Waals surface area (Å²) < 4.78 is 8.97. The van der Waals surface area contributed by atoms with Gasteiger partial charge in [0.25, 0.3) is 0 Å². The van der Waals surface area contributed by atoms with Crippen LogP contribution < -0.4 is 5.32 Å². The molecule has 8 rings (SSSR count). The van der Waals surface area contributed by atoms with Crippen molar-refractivity contribution in [2.45, 2.75) is 19.8 Å². The van der Waals surface area contributed by atoms with Crippen LogP contribution in [0.2, 0.25) is 0 Å². The lowest BCUT2D eigenvalue weighted by Crippen LogP contribution is -2.15. The summed E-state index contributed by atoms with van der Waals surface area (Å²) >= 11 is 5.36. The van der Waals surface area contributed by atoms with E-state index in [-0.39, 0.29) is 5.92 Å². The quantitative estimate of drug-likeness (QED) is 0.218. The normalized spacial score (nSPS) is 14.5. The van der Waals surface area contributed by atoms with Gasteiger partial charge < -0.3 is 9.73 Å². The molecule has 0 spiro atoms. The van der Waals surface area contributed by atoms with Crippen LogP contribution in [0.5, 0.6) is 0 Å². The Hall–Kier alpha value is -4.00. The van der Waals surface area contributed by atoms with Crippen LogP contribution in [0.3, 0.4) is 0 Å². The van der Waals surface area contributed by atoms with Crippen molar-refractivity contribution in [3.8, 4) is 11.5 Å². The molecule has 7 aromatic rings. The summed E-state index contributed by atoms with van der Waals surface area (Å²) in [6.07, 6.45) is 0. The highest BCUT2D eigenvalue weighted by Crippen LogP contribution is 2.53. The predicted octanol–water partition coefficient (Wildman–Crippen LogP) is 9.87. The Morgan fingerprint density at radius 1 is 0.795 bits per heavy atom. The summed E-state index contributed by atoms with van der Waals surface area (Å²) in [5, 5.41) is 7.08. The van der Waals surface area contributed by atoms with Gasteiger partial charge in [0.15, 0.2) is 5.58 Å². The largest absolute Gasteiger partial charge is 0.436 e. The molecule has 1 atom stereocenters. The van der Waals surface area contributed by atoms with Gasteiger partial charge in [-0.15, -0.1) is 11.3 Å². The number of hydrogen-bond donors (Lipinski definition) is 1. The molecule has 4 nitrogen and oxygen atoms in total. The van der Waals surface area contributed by atoms with Gasteiger partial charge in [0.05, 0.1) is 20.9 Å². The SMILES string of the molecule is Cc1ccc(-c2nc3c(o2)c2c(c4ccccc43)Nc3ccc4sc(C)nc4c3C2c2ccc(Br)cc2)cc1. The van der Waals surface area contributed by atoms with Crippen molar-refractivity contribution < 1.29 is 4.42 Å². The number of halogens is 1. The van der Waals surface area contributed by atoms with E-state index < -0.39 is 0 Å². The van der Waals surface area contributed by atoms with E-state index >= 15 is 0 Å². The summed E-state index contributed by atoms with van der Waals surface area (Å²) in [4.78, 5) is 10.1. The van der Waals surface area contributed by atoms with Crippen LogP contribution in [-0.4, -0.2) is 9.97 Å². The Morgan fingerprint density at radius 3 is 2.36 bits per heavy atom. The minimum absolute atomic E-state index is 0.0829. The van der Waals surface area contributed by atoms with Crippen LogP contribution in [0.25, 0.3) is 43.5 Å². The van der Waals surface area contributed by atoms with E-state index in [2.05, 4.69) is 120 Å². The maximum absolute atomic E-state index is 6.73. The molecule has 1 aliphatic heterocycles. The van der Waals surface area contributed by atoms with Gasteiger partial charge in [0.1, 0.15) is 5.52 Å². The first kappa shape index (κ1) is 22.9. The van der Waals surface area contributed by atoms with Crippen molar-refractivity contribution in [1.82, 2.24) is 9.97 Å². The second-order valence-corrected chi connectivity index (χ2v) is 12.3. The maximum atomic E-state index is 6.73. The molecule has 0 fully saturated rings. The van der Waals surface area contributed by atoms with Gasteiger partial charge in [0.2, 0.25) is 5.89 Å². The van der Waals surface area contributed by atoms with Gasteiger partial charge in [-0.25, -0.2) is 9.97 Å². The summed E-state index contributed by atoms with van der Waals surface area (Å²) in [7, 11) is 0. The molecule has 2 aromatic heterocycles. The smallest absolute Gasteiger partial charge is 0.227 e. The standard InChI is InChI=1S/C33H22BrN3OS/c1-17-7-9-20(10-8-17)33-37-30-23-6-4-3-5-22(23)29-28(32(30)38-33)26(19-11-13-21(34)14-12-19)27-24(36-29)15-16-25-31(27)35-18(2)39-25/h3-16,26,36H,1-2H3. The molecule has 3 heterocycles. The summed E-state index contributed by atoms with van der Waals surface area (Å²) in [5.41, 5.74) is 10.5. The molecule has 1 aliphatic rings. The number of rotatable bonds is 2. The topological polar surface area (TPSA) is 51.0 Å². The first-order chi connectivity index (χ1) is 19.0. The molecular weight excluding hydrogens is 566 g/mol. The first-order valence-electron chi connectivity index (χ1n) is 12.9. The average Bonchev–Trinajstić information content (AvgIpc) is 3.57. The van der Waals surface area contributed by atoms with E-state index in [0.717, 1.165) is 59.4 Å². The number of oxazole rings is 1. The number of nitrogens with zero attached hydrogens (tertiary/aromatic N) is 2. The van der Waals surface area contributed by atoms with Crippen molar-refractivity contribution in [2.75, 3.05) is 5.32 Å². The molecule has 0 amide bonds. The number of anilines is 2. The molecule has 39 heavy (non-hydrogen) atoms. The Kier molecular flexibility index (Phi) is 5.00. The third-order valence-electron chi connectivity index (χ3n) is 7.64. The number of fused-ring (bicyclic) bond motifs is 9. The van der Waals surface area contributed by atoms with Crippen molar-refractivity contribution in [3.05, 3.63) is 117 Å². The summed E-state index contributed by atoms with van der Waals surface area (Å²) in [6.45, 7) is 4.17. The van der Waals surface area contributed by atoms with Gasteiger partial charge >= 0.3 is 0 Å². The zero-order valence-corrected chi connectivity index (χ0v) is 23.7. The molecule has 0 radical (unpaired) electrons. The monoisotopic (exact) mass is 587 g/mol. The van der Waals surface area contributed by atoms with E-state index in [1.165, 1.54) is 21.4 Å². The van der Waals surface area contributed by atoms with Crippen molar-refractivity contribution in [1.29, 1.82) is 0 Å². The molecule has 1 N–H and O–H groups in total. The van der Waals surface area contributed by atoms with Crippen molar-refractivity contribution >= 4 is 70.7 Å². The Morgan fingerprint density at radius 2 is 1.56 bits per heavy atom. The number of thiazole rings is 1. The lowest BCUT2D eigenvalue weighted by atomic mass is 9.79. The fourth-order valence-electron chi connectivity index (χ4n) is 5.88. The second-order valence-electron chi connectivity index (χ2n) is 10.1. The first-order valence-corrected chi connectivity index (χ1v) is 14.5. The van der Waals surface area contributed by atoms with Gasteiger partial charge in [-0.05, 0) is 55.8 Å². The average molecular weight is 589 g/mol. The Bertz CT molecular complexity index is 2070. The summed E-state index contributed by atoms with van der Waals surface area (Å²) in [5.74, 6) is 0.548. The zero-order chi connectivity index (χ0) is 26.2. The molecule has 1 unspecified atom stereocenters. The highest BCUT2D eigenvalue weighted by Gasteiger charge is 2.35. The Balaban J connectivity index is 1.51. The fraction of sp³-hybridized carbons (Fsp3) is 0.0909. The van der Waals surface area contributed by atoms with Crippen LogP contribution in [0.1, 0.15) is 33.2 Å². The van der Waals surface area contributed by atoms with Gasteiger partial charge in [-0.3, -0.25) is 0 Å². The number of aromatic nitrogens is 2. The number of aryl methyl sites for hydroxylation is 2. The number of benzene rings is 5. The van der Waals surface area contributed by atoms with Crippen LogP contribution in [0.4, 0.5) is 11.4 Å². The van der Waals surface area contributed by atoms with E-state index in [0.29, 0.717) is 5.89 Å². The van der Waals surface area contributed by atoms with Crippen molar-refractivity contribution in [3.63, 3.8) is 0 Å². The lowest BCUT2D eigenvalue weighted by Gasteiger charge is -2.31. The molecule has 0 aliphatic carbocycles. The highest BCUT2D eigenvalue weighted by molar-refractivity contribution is 9.10. The van der Waals surface area contributed by atoms with Crippen LogP contribution in [0, 0.1) is 13.8 Å². The number of hydrogen-bond acceptors (Lipinski definition) is 5.